The van der Waals surface area contributed by atoms with Crippen LogP contribution >= 0.6 is 11.6 Å². The molecule has 0 unspecified atom stereocenters. The Kier molecular flexibility index (Phi) is 7.05. The number of rotatable bonds is 6. The Balaban J connectivity index is 1.13. The van der Waals surface area contributed by atoms with Gasteiger partial charge in [0.05, 0.1) is 11.2 Å². The summed E-state index contributed by atoms with van der Waals surface area (Å²) in [6.07, 6.45) is 4.32. The van der Waals surface area contributed by atoms with Crippen LogP contribution in [0.4, 0.5) is 14.5 Å². The van der Waals surface area contributed by atoms with Crippen LogP contribution in [0.5, 0.6) is 5.75 Å². The number of likely N-dealkylation sites (tertiary alicyclic amines) is 1. The van der Waals surface area contributed by atoms with E-state index in [2.05, 4.69) is 10.3 Å². The smallest absolute Gasteiger partial charge is 0.272 e. The summed E-state index contributed by atoms with van der Waals surface area (Å²) in [4.78, 5) is 31.2. The van der Waals surface area contributed by atoms with Crippen molar-refractivity contribution in [3.63, 3.8) is 0 Å². The van der Waals surface area contributed by atoms with Crippen molar-refractivity contribution in [1.82, 2.24) is 14.3 Å². The molecule has 1 aliphatic rings. The lowest BCUT2D eigenvalue weighted by Gasteiger charge is -2.32. The minimum absolute atomic E-state index is 0.0159. The van der Waals surface area contributed by atoms with E-state index in [1.807, 2.05) is 24.3 Å². The number of nitrogens with zero attached hydrogens (tertiary/aromatic N) is 3. The second-order valence-corrected chi connectivity index (χ2v) is 9.23. The van der Waals surface area contributed by atoms with Crippen LogP contribution in [-0.2, 0) is 4.79 Å². The molecule has 0 saturated carbocycles. The maximum absolute atomic E-state index is 13.7. The van der Waals surface area contributed by atoms with E-state index in [0.717, 1.165) is 24.5 Å². The number of anilines is 1. The quantitative estimate of drug-likeness (QED) is 0.371. The predicted molar refractivity (Wildman–Crippen MR) is 135 cm³/mol. The Morgan fingerprint density at radius 1 is 1.05 bits per heavy atom. The number of halogens is 3. The number of amides is 2. The predicted octanol–water partition coefficient (Wildman–Crippen LogP) is 5.30. The Bertz CT molecular complexity index is 1450. The van der Waals surface area contributed by atoms with Crippen molar-refractivity contribution in [2.45, 2.75) is 18.8 Å². The Morgan fingerprint density at radius 2 is 1.81 bits per heavy atom. The van der Waals surface area contributed by atoms with Gasteiger partial charge >= 0.3 is 0 Å². The van der Waals surface area contributed by atoms with E-state index in [1.165, 1.54) is 41.1 Å². The summed E-state index contributed by atoms with van der Waals surface area (Å²) in [5.74, 6) is -1.10. The van der Waals surface area contributed by atoms with Gasteiger partial charge in [0.15, 0.2) is 6.61 Å². The maximum Gasteiger partial charge on any atom is 0.272 e. The third kappa shape index (κ3) is 5.56. The molecular formula is C27H23ClF2N4O3. The van der Waals surface area contributed by atoms with Gasteiger partial charge in [0.25, 0.3) is 11.8 Å². The highest BCUT2D eigenvalue weighted by Crippen LogP contribution is 2.29. The molecule has 2 amide bonds. The monoisotopic (exact) mass is 524 g/mol. The molecule has 0 bridgehead atoms. The highest BCUT2D eigenvalue weighted by Gasteiger charge is 2.26. The number of carbonyl (C=O) groups excluding carboxylic acids is 2. The summed E-state index contributed by atoms with van der Waals surface area (Å²) < 4.78 is 33.9. The molecule has 5 rings (SSSR count). The zero-order valence-corrected chi connectivity index (χ0v) is 20.4. The van der Waals surface area contributed by atoms with Crippen molar-refractivity contribution in [3.05, 3.63) is 94.9 Å². The molecule has 2 aromatic heterocycles. The van der Waals surface area contributed by atoms with E-state index >= 15 is 0 Å². The van der Waals surface area contributed by atoms with Crippen LogP contribution in [-0.4, -0.2) is 45.8 Å². The van der Waals surface area contributed by atoms with E-state index in [4.69, 9.17) is 16.3 Å². The zero-order chi connectivity index (χ0) is 25.9. The van der Waals surface area contributed by atoms with Gasteiger partial charge in [0, 0.05) is 31.0 Å². The summed E-state index contributed by atoms with van der Waals surface area (Å²) in [7, 11) is 0. The first kappa shape index (κ1) is 24.7. The van der Waals surface area contributed by atoms with Gasteiger partial charge in [-0.1, -0.05) is 23.7 Å². The molecule has 190 valence electrons. The fourth-order valence-electron chi connectivity index (χ4n) is 4.44. The summed E-state index contributed by atoms with van der Waals surface area (Å²) in [5, 5.41) is 2.74. The van der Waals surface area contributed by atoms with Gasteiger partial charge in [0.1, 0.15) is 28.7 Å². The normalized spacial score (nSPS) is 14.1. The highest BCUT2D eigenvalue weighted by molar-refractivity contribution is 6.30. The van der Waals surface area contributed by atoms with Gasteiger partial charge in [-0.15, -0.1) is 0 Å². The first-order valence-corrected chi connectivity index (χ1v) is 12.1. The van der Waals surface area contributed by atoms with Crippen molar-refractivity contribution in [2.24, 2.45) is 0 Å². The summed E-state index contributed by atoms with van der Waals surface area (Å²) in [6, 6.07) is 14.4. The number of ether oxygens (including phenoxy) is 1. The molecule has 0 radical (unpaired) electrons. The maximum atomic E-state index is 13.7. The van der Waals surface area contributed by atoms with Crippen LogP contribution in [0.1, 0.15) is 34.8 Å². The van der Waals surface area contributed by atoms with Crippen LogP contribution in [0, 0.1) is 11.6 Å². The van der Waals surface area contributed by atoms with Crippen molar-refractivity contribution in [3.8, 4) is 5.75 Å². The standard InChI is InChI=1S/C27H23ClF2N4O3/c28-22-7-6-21(13-23(22)30)37-16-26(35)32-20-4-1-17(2-5-20)18-9-11-33(12-10-18)27(36)24-14-31-25-8-3-19(29)15-34(24)25/h1-8,13-15,18H,9-12,16H2,(H,32,35). The second kappa shape index (κ2) is 10.6. The number of imidazole rings is 1. The van der Waals surface area contributed by atoms with Crippen LogP contribution in [0.15, 0.2) is 67.0 Å². The lowest BCUT2D eigenvalue weighted by molar-refractivity contribution is -0.118. The van der Waals surface area contributed by atoms with Gasteiger partial charge in [0.2, 0.25) is 0 Å². The van der Waals surface area contributed by atoms with E-state index in [0.29, 0.717) is 30.1 Å². The fourth-order valence-corrected chi connectivity index (χ4v) is 4.56. The van der Waals surface area contributed by atoms with E-state index in [1.54, 1.807) is 4.90 Å². The van der Waals surface area contributed by atoms with Crippen molar-refractivity contribution in [1.29, 1.82) is 0 Å². The van der Waals surface area contributed by atoms with Crippen LogP contribution in [0.3, 0.4) is 0 Å². The Labute approximate surface area is 216 Å². The number of aromatic nitrogens is 2. The molecule has 1 fully saturated rings. The Morgan fingerprint density at radius 3 is 2.54 bits per heavy atom. The number of pyridine rings is 1. The molecule has 4 aromatic rings. The largest absolute Gasteiger partial charge is 0.484 e. The summed E-state index contributed by atoms with van der Waals surface area (Å²) >= 11 is 5.64. The van der Waals surface area contributed by atoms with Crippen molar-refractivity contribution in [2.75, 3.05) is 25.0 Å². The molecule has 3 heterocycles. The van der Waals surface area contributed by atoms with Crippen LogP contribution in [0.2, 0.25) is 5.02 Å². The number of hydrogen-bond donors (Lipinski definition) is 1. The summed E-state index contributed by atoms with van der Waals surface area (Å²) in [6.45, 7) is 0.884. The molecule has 10 heteroatoms. The lowest BCUT2D eigenvalue weighted by atomic mass is 9.89. The average Bonchev–Trinajstić information content (AvgIpc) is 3.32. The molecular weight excluding hydrogens is 502 g/mol. The first-order chi connectivity index (χ1) is 17.9. The molecule has 0 atom stereocenters. The Hall–Kier alpha value is -3.98. The number of piperidine rings is 1. The first-order valence-electron chi connectivity index (χ1n) is 11.8. The third-order valence-corrected chi connectivity index (χ3v) is 6.70. The number of benzene rings is 2. The summed E-state index contributed by atoms with van der Waals surface area (Å²) in [5.41, 5.74) is 2.61. The molecule has 7 nitrogen and oxygen atoms in total. The van der Waals surface area contributed by atoms with Gasteiger partial charge in [-0.25, -0.2) is 13.8 Å². The van der Waals surface area contributed by atoms with E-state index < -0.39 is 11.6 Å². The van der Waals surface area contributed by atoms with Crippen molar-refractivity contribution >= 4 is 34.7 Å². The van der Waals surface area contributed by atoms with Gasteiger partial charge in [-0.05, 0) is 60.7 Å². The molecule has 37 heavy (non-hydrogen) atoms. The number of carbonyl (C=O) groups is 2. The second-order valence-electron chi connectivity index (χ2n) is 8.82. The van der Waals surface area contributed by atoms with Crippen LogP contribution < -0.4 is 10.1 Å². The van der Waals surface area contributed by atoms with Crippen molar-refractivity contribution < 1.29 is 23.1 Å². The SMILES string of the molecule is O=C(COc1ccc(Cl)c(F)c1)Nc1ccc(C2CCN(C(=O)c3cnc4ccc(F)cn34)CC2)cc1. The van der Waals surface area contributed by atoms with Crippen LogP contribution in [0.25, 0.3) is 5.65 Å². The minimum atomic E-state index is -0.615. The topological polar surface area (TPSA) is 75.9 Å². The van der Waals surface area contributed by atoms with Gasteiger partial charge in [-0.2, -0.15) is 0 Å². The third-order valence-electron chi connectivity index (χ3n) is 6.40. The van der Waals surface area contributed by atoms with Gasteiger partial charge in [-0.3, -0.25) is 14.0 Å². The molecule has 1 aliphatic heterocycles. The molecule has 0 aliphatic carbocycles. The molecule has 1 N–H and O–H groups in total. The van der Waals surface area contributed by atoms with Gasteiger partial charge < -0.3 is 15.0 Å². The number of fused-ring (bicyclic) bond motifs is 1. The number of nitrogens with one attached hydrogen (secondary N) is 1. The van der Waals surface area contributed by atoms with E-state index in [9.17, 15) is 18.4 Å². The fraction of sp³-hybridized carbons (Fsp3) is 0.222. The highest BCUT2D eigenvalue weighted by atomic mass is 35.5. The lowest BCUT2D eigenvalue weighted by Crippen LogP contribution is -2.38. The average molecular weight is 525 g/mol. The van der Waals surface area contributed by atoms with E-state index in [-0.39, 0.29) is 35.1 Å². The molecule has 0 spiro atoms. The minimum Gasteiger partial charge on any atom is -0.484 e. The molecule has 1 saturated heterocycles. The zero-order valence-electron chi connectivity index (χ0n) is 19.7. The number of hydrogen-bond acceptors (Lipinski definition) is 4. The molecule has 2 aromatic carbocycles.